The molecule has 5 nitrogen and oxygen atoms in total. The summed E-state index contributed by atoms with van der Waals surface area (Å²) in [5.74, 6) is 2.31. The number of hydrogen-bond donors (Lipinski definition) is 1. The Bertz CT molecular complexity index is 712. The molecule has 5 heteroatoms. The maximum atomic E-state index is 12.1. The molecule has 0 aromatic heterocycles. The number of benzene rings is 2. The minimum atomic E-state index is -0.0173. The average molecular weight is 341 g/mol. The van der Waals surface area contributed by atoms with Gasteiger partial charge in [-0.05, 0) is 42.3 Å². The minimum Gasteiger partial charge on any atom is -0.494 e. The standard InChI is InChI=1S/C20H23NO4/c1-2-23-17-7-4-15(5-8-17)13-20(22)21-14-16-6-9-18-19(12-16)25-11-3-10-24-18/h4-9,12H,2-3,10-11,13-14H2,1H3,(H,21,22). The third-order valence-corrected chi connectivity index (χ3v) is 3.90. The van der Waals surface area contributed by atoms with Crippen molar-refractivity contribution in [3.05, 3.63) is 53.6 Å². The van der Waals surface area contributed by atoms with E-state index in [2.05, 4.69) is 5.32 Å². The topological polar surface area (TPSA) is 56.8 Å². The van der Waals surface area contributed by atoms with Crippen molar-refractivity contribution in [2.24, 2.45) is 0 Å². The molecule has 1 N–H and O–H groups in total. The summed E-state index contributed by atoms with van der Waals surface area (Å²) in [6, 6.07) is 13.4. The van der Waals surface area contributed by atoms with Gasteiger partial charge in [-0.2, -0.15) is 0 Å². The van der Waals surface area contributed by atoms with Gasteiger partial charge in [-0.25, -0.2) is 0 Å². The number of carbonyl (C=O) groups excluding carboxylic acids is 1. The van der Waals surface area contributed by atoms with E-state index in [0.29, 0.717) is 32.8 Å². The van der Waals surface area contributed by atoms with Crippen LogP contribution in [0.3, 0.4) is 0 Å². The molecule has 0 fully saturated rings. The van der Waals surface area contributed by atoms with Crippen LogP contribution in [0.4, 0.5) is 0 Å². The number of hydrogen-bond acceptors (Lipinski definition) is 4. The van der Waals surface area contributed by atoms with Gasteiger partial charge in [-0.3, -0.25) is 4.79 Å². The van der Waals surface area contributed by atoms with Crippen LogP contribution in [0.2, 0.25) is 0 Å². The quantitative estimate of drug-likeness (QED) is 0.877. The highest BCUT2D eigenvalue weighted by atomic mass is 16.5. The van der Waals surface area contributed by atoms with E-state index in [1.165, 1.54) is 0 Å². The zero-order valence-corrected chi connectivity index (χ0v) is 14.4. The fourth-order valence-corrected chi connectivity index (χ4v) is 2.64. The molecular formula is C20H23NO4. The second-order valence-electron chi connectivity index (χ2n) is 5.86. The largest absolute Gasteiger partial charge is 0.494 e. The van der Waals surface area contributed by atoms with Crippen molar-refractivity contribution >= 4 is 5.91 Å². The van der Waals surface area contributed by atoms with E-state index in [1.807, 2.05) is 49.4 Å². The molecule has 1 aliphatic rings. The van der Waals surface area contributed by atoms with Gasteiger partial charge >= 0.3 is 0 Å². The summed E-state index contributed by atoms with van der Waals surface area (Å²) in [6.07, 6.45) is 1.22. The van der Waals surface area contributed by atoms with Crippen molar-refractivity contribution in [3.8, 4) is 17.2 Å². The van der Waals surface area contributed by atoms with Crippen molar-refractivity contribution in [1.29, 1.82) is 0 Å². The zero-order chi connectivity index (χ0) is 17.5. The molecule has 132 valence electrons. The summed E-state index contributed by atoms with van der Waals surface area (Å²) in [6.45, 7) is 4.37. The van der Waals surface area contributed by atoms with Crippen LogP contribution in [0, 0.1) is 0 Å². The predicted molar refractivity (Wildman–Crippen MR) is 95.2 cm³/mol. The van der Waals surface area contributed by atoms with Crippen LogP contribution in [0.1, 0.15) is 24.5 Å². The van der Waals surface area contributed by atoms with Crippen molar-refractivity contribution in [1.82, 2.24) is 5.32 Å². The highest BCUT2D eigenvalue weighted by Crippen LogP contribution is 2.30. The van der Waals surface area contributed by atoms with E-state index in [4.69, 9.17) is 14.2 Å². The molecule has 0 spiro atoms. The third kappa shape index (κ3) is 4.89. The summed E-state index contributed by atoms with van der Waals surface area (Å²) >= 11 is 0. The van der Waals surface area contributed by atoms with Crippen LogP contribution in [0.15, 0.2) is 42.5 Å². The molecule has 1 amide bonds. The van der Waals surface area contributed by atoms with Gasteiger partial charge in [0.25, 0.3) is 0 Å². The first-order valence-corrected chi connectivity index (χ1v) is 8.61. The van der Waals surface area contributed by atoms with Gasteiger partial charge in [0.15, 0.2) is 11.5 Å². The molecule has 2 aromatic rings. The first kappa shape index (κ1) is 17.1. The average Bonchev–Trinajstić information content (AvgIpc) is 2.87. The predicted octanol–water partition coefficient (Wildman–Crippen LogP) is 3.11. The maximum absolute atomic E-state index is 12.1. The van der Waals surface area contributed by atoms with Gasteiger partial charge in [0.05, 0.1) is 26.2 Å². The molecule has 1 heterocycles. The summed E-state index contributed by atoms with van der Waals surface area (Å²) in [7, 11) is 0. The number of fused-ring (bicyclic) bond motifs is 1. The van der Waals surface area contributed by atoms with Crippen LogP contribution < -0.4 is 19.5 Å². The lowest BCUT2D eigenvalue weighted by atomic mass is 10.1. The smallest absolute Gasteiger partial charge is 0.224 e. The highest BCUT2D eigenvalue weighted by molar-refractivity contribution is 5.78. The molecule has 2 aromatic carbocycles. The fraction of sp³-hybridized carbons (Fsp3) is 0.350. The van der Waals surface area contributed by atoms with Gasteiger partial charge in [-0.15, -0.1) is 0 Å². The number of amides is 1. The summed E-state index contributed by atoms with van der Waals surface area (Å²) in [5, 5.41) is 2.94. The maximum Gasteiger partial charge on any atom is 0.224 e. The summed E-state index contributed by atoms with van der Waals surface area (Å²) in [5.41, 5.74) is 1.95. The Morgan fingerprint density at radius 2 is 1.76 bits per heavy atom. The van der Waals surface area contributed by atoms with Crippen molar-refractivity contribution in [2.75, 3.05) is 19.8 Å². The number of rotatable bonds is 6. The molecule has 0 unspecified atom stereocenters. The molecule has 0 aliphatic carbocycles. The van der Waals surface area contributed by atoms with Crippen molar-refractivity contribution < 1.29 is 19.0 Å². The Kier molecular flexibility index (Phi) is 5.77. The number of nitrogens with one attached hydrogen (secondary N) is 1. The van der Waals surface area contributed by atoms with E-state index >= 15 is 0 Å². The van der Waals surface area contributed by atoms with Gasteiger partial charge in [0, 0.05) is 13.0 Å². The van der Waals surface area contributed by atoms with Crippen molar-refractivity contribution in [3.63, 3.8) is 0 Å². The Morgan fingerprint density at radius 3 is 2.52 bits per heavy atom. The SMILES string of the molecule is CCOc1ccc(CC(=O)NCc2ccc3c(c2)OCCCO3)cc1. The number of ether oxygens (including phenoxy) is 3. The van der Waals surface area contributed by atoms with E-state index in [9.17, 15) is 4.79 Å². The fourth-order valence-electron chi connectivity index (χ4n) is 2.64. The van der Waals surface area contributed by atoms with Crippen LogP contribution in [-0.4, -0.2) is 25.7 Å². The molecule has 25 heavy (non-hydrogen) atoms. The van der Waals surface area contributed by atoms with Gasteiger partial charge in [-0.1, -0.05) is 18.2 Å². The Labute approximate surface area is 147 Å². The lowest BCUT2D eigenvalue weighted by Crippen LogP contribution is -2.24. The van der Waals surface area contributed by atoms with Gasteiger partial charge in [0.2, 0.25) is 5.91 Å². The van der Waals surface area contributed by atoms with Gasteiger partial charge < -0.3 is 19.5 Å². The first-order valence-electron chi connectivity index (χ1n) is 8.61. The molecule has 1 aliphatic heterocycles. The van der Waals surface area contributed by atoms with Crippen LogP contribution in [0.5, 0.6) is 17.2 Å². The first-order chi connectivity index (χ1) is 12.2. The molecular weight excluding hydrogens is 318 g/mol. The molecule has 0 saturated carbocycles. The Morgan fingerprint density at radius 1 is 1.04 bits per heavy atom. The van der Waals surface area contributed by atoms with E-state index in [-0.39, 0.29) is 5.91 Å². The van der Waals surface area contributed by atoms with Crippen LogP contribution in [-0.2, 0) is 17.8 Å². The lowest BCUT2D eigenvalue weighted by Gasteiger charge is -2.10. The lowest BCUT2D eigenvalue weighted by molar-refractivity contribution is -0.120. The highest BCUT2D eigenvalue weighted by Gasteiger charge is 2.11. The van der Waals surface area contributed by atoms with Crippen LogP contribution in [0.25, 0.3) is 0 Å². The van der Waals surface area contributed by atoms with Gasteiger partial charge in [0.1, 0.15) is 5.75 Å². The second kappa shape index (κ2) is 8.42. The van der Waals surface area contributed by atoms with Crippen molar-refractivity contribution in [2.45, 2.75) is 26.3 Å². The normalized spacial score (nSPS) is 13.0. The van der Waals surface area contributed by atoms with E-state index in [1.54, 1.807) is 0 Å². The zero-order valence-electron chi connectivity index (χ0n) is 14.4. The molecule has 3 rings (SSSR count). The van der Waals surface area contributed by atoms with E-state index in [0.717, 1.165) is 34.8 Å². The Hall–Kier alpha value is -2.69. The monoisotopic (exact) mass is 341 g/mol. The third-order valence-electron chi connectivity index (χ3n) is 3.90. The van der Waals surface area contributed by atoms with E-state index < -0.39 is 0 Å². The summed E-state index contributed by atoms with van der Waals surface area (Å²) < 4.78 is 16.7. The molecule has 0 atom stereocenters. The Balaban J connectivity index is 1.52. The molecule has 0 saturated heterocycles. The number of carbonyl (C=O) groups is 1. The summed E-state index contributed by atoms with van der Waals surface area (Å²) in [4.78, 5) is 12.1. The van der Waals surface area contributed by atoms with Crippen LogP contribution >= 0.6 is 0 Å². The molecule has 0 bridgehead atoms. The minimum absolute atomic E-state index is 0.0173. The second-order valence-corrected chi connectivity index (χ2v) is 5.86. The molecule has 0 radical (unpaired) electrons.